The summed E-state index contributed by atoms with van der Waals surface area (Å²) in [6.45, 7) is 3.61. The Morgan fingerprint density at radius 1 is 1.47 bits per heavy atom. The molecule has 1 aromatic rings. The van der Waals surface area contributed by atoms with Crippen LogP contribution in [0.2, 0.25) is 0 Å². The Kier molecular flexibility index (Phi) is 2.86. The van der Waals surface area contributed by atoms with Crippen molar-refractivity contribution in [2.75, 3.05) is 5.73 Å². The first-order chi connectivity index (χ1) is 7.93. The van der Waals surface area contributed by atoms with E-state index in [1.54, 1.807) is 13.8 Å². The van der Waals surface area contributed by atoms with Crippen LogP contribution in [-0.2, 0) is 11.2 Å². The molecule has 1 aliphatic carbocycles. The number of hydrogen-bond acceptors (Lipinski definition) is 2. The van der Waals surface area contributed by atoms with Crippen LogP contribution < -0.4 is 5.73 Å². The first-order valence-electron chi connectivity index (χ1n) is 6.04. The van der Waals surface area contributed by atoms with Gasteiger partial charge in [-0.05, 0) is 62.3 Å². The average molecular weight is 233 g/mol. The molecule has 1 atom stereocenters. The molecule has 1 aromatic carbocycles. The lowest BCUT2D eigenvalue weighted by Crippen LogP contribution is -2.33. The second kappa shape index (κ2) is 4.06. The number of hydrogen-bond donors (Lipinski definition) is 2. The lowest BCUT2D eigenvalue weighted by Gasteiger charge is -2.35. The van der Waals surface area contributed by atoms with Gasteiger partial charge < -0.3 is 10.8 Å². The van der Waals surface area contributed by atoms with Crippen molar-refractivity contribution in [2.45, 2.75) is 39.0 Å². The standard InChI is InChI=1S/C14H19NO2/c1-14(2,13(16)17)12-5-3-4-9-6-7-10(15)8-11(9)12/h6-8,12H,3-5,15H2,1-2H3,(H,16,17). The number of carboxylic acids is 1. The minimum absolute atomic E-state index is 0.0623. The SMILES string of the molecule is CC(C)(C(=O)O)C1CCCc2ccc(N)cc21. The van der Waals surface area contributed by atoms with E-state index in [4.69, 9.17) is 5.73 Å². The number of rotatable bonds is 2. The second-order valence-corrected chi connectivity index (χ2v) is 5.43. The van der Waals surface area contributed by atoms with Crippen LogP contribution in [-0.4, -0.2) is 11.1 Å². The normalized spacial score (nSPS) is 19.8. The van der Waals surface area contributed by atoms with Crippen molar-refractivity contribution >= 4 is 11.7 Å². The van der Waals surface area contributed by atoms with E-state index < -0.39 is 11.4 Å². The third kappa shape index (κ3) is 2.02. The Morgan fingerprint density at radius 3 is 2.82 bits per heavy atom. The van der Waals surface area contributed by atoms with Crippen LogP contribution in [0.1, 0.15) is 43.7 Å². The van der Waals surface area contributed by atoms with Crippen molar-refractivity contribution in [1.29, 1.82) is 0 Å². The largest absolute Gasteiger partial charge is 0.481 e. The van der Waals surface area contributed by atoms with E-state index in [2.05, 4.69) is 0 Å². The summed E-state index contributed by atoms with van der Waals surface area (Å²) in [4.78, 5) is 11.4. The predicted octanol–water partition coefficient (Wildman–Crippen LogP) is 2.80. The molecule has 0 saturated carbocycles. The first-order valence-corrected chi connectivity index (χ1v) is 6.04. The van der Waals surface area contributed by atoms with E-state index in [0.717, 1.165) is 30.5 Å². The van der Waals surface area contributed by atoms with Crippen molar-refractivity contribution < 1.29 is 9.90 Å². The number of nitrogen functional groups attached to an aromatic ring is 1. The molecule has 2 rings (SSSR count). The van der Waals surface area contributed by atoms with Crippen molar-refractivity contribution in [3.63, 3.8) is 0 Å². The van der Waals surface area contributed by atoms with Crippen molar-refractivity contribution in [1.82, 2.24) is 0 Å². The average Bonchev–Trinajstić information content (AvgIpc) is 2.27. The van der Waals surface area contributed by atoms with Crippen molar-refractivity contribution in [2.24, 2.45) is 5.41 Å². The molecule has 0 aromatic heterocycles. The molecule has 3 heteroatoms. The monoisotopic (exact) mass is 233 g/mol. The number of fused-ring (bicyclic) bond motifs is 1. The number of aliphatic carboxylic acids is 1. The summed E-state index contributed by atoms with van der Waals surface area (Å²) in [5.74, 6) is -0.676. The Balaban J connectivity index is 2.47. The molecule has 0 spiro atoms. The maximum absolute atomic E-state index is 11.4. The molecule has 0 saturated heterocycles. The van der Waals surface area contributed by atoms with Crippen LogP contribution in [0.4, 0.5) is 5.69 Å². The molecule has 0 amide bonds. The van der Waals surface area contributed by atoms with Gasteiger partial charge in [0.15, 0.2) is 0 Å². The van der Waals surface area contributed by atoms with E-state index >= 15 is 0 Å². The highest BCUT2D eigenvalue weighted by Gasteiger charge is 2.39. The molecule has 0 heterocycles. The number of anilines is 1. The fourth-order valence-corrected chi connectivity index (χ4v) is 2.72. The van der Waals surface area contributed by atoms with Crippen LogP contribution in [0.15, 0.2) is 18.2 Å². The van der Waals surface area contributed by atoms with E-state index in [1.807, 2.05) is 18.2 Å². The molecule has 3 N–H and O–H groups in total. The maximum atomic E-state index is 11.4. The smallest absolute Gasteiger partial charge is 0.309 e. The highest BCUT2D eigenvalue weighted by atomic mass is 16.4. The zero-order valence-corrected chi connectivity index (χ0v) is 10.4. The Bertz CT molecular complexity index is 452. The van der Waals surface area contributed by atoms with Gasteiger partial charge in [-0.15, -0.1) is 0 Å². The van der Waals surface area contributed by atoms with Gasteiger partial charge in [-0.25, -0.2) is 0 Å². The lowest BCUT2D eigenvalue weighted by atomic mass is 9.68. The van der Waals surface area contributed by atoms with Gasteiger partial charge in [0.2, 0.25) is 0 Å². The fourth-order valence-electron chi connectivity index (χ4n) is 2.72. The van der Waals surface area contributed by atoms with Crippen LogP contribution in [0.3, 0.4) is 0 Å². The zero-order chi connectivity index (χ0) is 12.6. The van der Waals surface area contributed by atoms with Gasteiger partial charge in [0.05, 0.1) is 5.41 Å². The minimum atomic E-state index is -0.738. The number of aryl methyl sites for hydroxylation is 1. The summed E-state index contributed by atoms with van der Waals surface area (Å²) in [6.07, 6.45) is 3.01. The quantitative estimate of drug-likeness (QED) is 0.772. The van der Waals surface area contributed by atoms with Gasteiger partial charge in [-0.1, -0.05) is 6.07 Å². The molecular formula is C14H19NO2. The molecule has 0 fully saturated rings. The van der Waals surface area contributed by atoms with E-state index in [1.165, 1.54) is 5.56 Å². The molecule has 92 valence electrons. The molecule has 1 aliphatic rings. The number of carbonyl (C=O) groups is 1. The molecule has 0 aliphatic heterocycles. The number of nitrogens with two attached hydrogens (primary N) is 1. The van der Waals surface area contributed by atoms with E-state index in [9.17, 15) is 9.90 Å². The summed E-state index contributed by atoms with van der Waals surface area (Å²) < 4.78 is 0. The maximum Gasteiger partial charge on any atom is 0.309 e. The fraction of sp³-hybridized carbons (Fsp3) is 0.500. The Morgan fingerprint density at radius 2 is 2.18 bits per heavy atom. The van der Waals surface area contributed by atoms with Gasteiger partial charge >= 0.3 is 5.97 Å². The molecule has 17 heavy (non-hydrogen) atoms. The van der Waals surface area contributed by atoms with Gasteiger partial charge in [-0.3, -0.25) is 4.79 Å². The highest BCUT2D eigenvalue weighted by molar-refractivity contribution is 5.75. The molecule has 0 radical (unpaired) electrons. The highest BCUT2D eigenvalue weighted by Crippen LogP contribution is 2.44. The summed E-state index contributed by atoms with van der Waals surface area (Å²) >= 11 is 0. The number of carboxylic acid groups (broad SMARTS) is 1. The first kappa shape index (κ1) is 12.0. The van der Waals surface area contributed by atoms with Crippen LogP contribution in [0.5, 0.6) is 0 Å². The topological polar surface area (TPSA) is 63.3 Å². The second-order valence-electron chi connectivity index (χ2n) is 5.43. The van der Waals surface area contributed by atoms with Crippen LogP contribution >= 0.6 is 0 Å². The summed E-state index contributed by atoms with van der Waals surface area (Å²) in [7, 11) is 0. The summed E-state index contributed by atoms with van der Waals surface area (Å²) in [5.41, 5.74) is 8.18. The minimum Gasteiger partial charge on any atom is -0.481 e. The van der Waals surface area contributed by atoms with E-state index in [-0.39, 0.29) is 5.92 Å². The van der Waals surface area contributed by atoms with Crippen LogP contribution in [0.25, 0.3) is 0 Å². The van der Waals surface area contributed by atoms with Crippen molar-refractivity contribution in [3.05, 3.63) is 29.3 Å². The zero-order valence-electron chi connectivity index (χ0n) is 10.4. The van der Waals surface area contributed by atoms with Gasteiger partial charge in [-0.2, -0.15) is 0 Å². The van der Waals surface area contributed by atoms with E-state index in [0.29, 0.717) is 0 Å². The molecular weight excluding hydrogens is 214 g/mol. The Hall–Kier alpha value is -1.51. The lowest BCUT2D eigenvalue weighted by molar-refractivity contribution is -0.148. The molecule has 0 bridgehead atoms. The van der Waals surface area contributed by atoms with Crippen molar-refractivity contribution in [3.8, 4) is 0 Å². The summed E-state index contributed by atoms with van der Waals surface area (Å²) in [6, 6.07) is 5.88. The third-order valence-electron chi connectivity index (χ3n) is 3.91. The molecule has 1 unspecified atom stereocenters. The van der Waals surface area contributed by atoms with Crippen LogP contribution in [0, 0.1) is 5.41 Å². The number of benzene rings is 1. The van der Waals surface area contributed by atoms with Gasteiger partial charge in [0, 0.05) is 5.69 Å². The Labute approximate surface area is 102 Å². The van der Waals surface area contributed by atoms with Gasteiger partial charge in [0.1, 0.15) is 0 Å². The molecule has 3 nitrogen and oxygen atoms in total. The summed E-state index contributed by atoms with van der Waals surface area (Å²) in [5, 5.41) is 9.36. The predicted molar refractivity (Wildman–Crippen MR) is 68.0 cm³/mol. The van der Waals surface area contributed by atoms with Gasteiger partial charge in [0.25, 0.3) is 0 Å². The third-order valence-corrected chi connectivity index (χ3v) is 3.91.